The first-order chi connectivity index (χ1) is 8.13. The van der Waals surface area contributed by atoms with Crippen molar-refractivity contribution < 1.29 is 13.2 Å². The predicted octanol–water partition coefficient (Wildman–Crippen LogP) is 1.54. The minimum atomic E-state index is -4.10. The van der Waals surface area contributed by atoms with E-state index < -0.39 is 12.7 Å². The number of hydrogen-bond acceptors (Lipinski definition) is 3. The van der Waals surface area contributed by atoms with Crippen LogP contribution in [0.1, 0.15) is 20.8 Å². The maximum absolute atomic E-state index is 12.3. The molecule has 0 spiro atoms. The van der Waals surface area contributed by atoms with Crippen LogP contribution in [0.3, 0.4) is 0 Å². The molecule has 0 radical (unpaired) electrons. The summed E-state index contributed by atoms with van der Waals surface area (Å²) in [6.07, 6.45) is -4.10. The average molecular weight is 267 g/mol. The first-order valence-electron chi connectivity index (χ1n) is 6.37. The Balaban J connectivity index is 2.48. The lowest BCUT2D eigenvalue weighted by atomic mass is 9.85. The van der Waals surface area contributed by atoms with Gasteiger partial charge in [0.2, 0.25) is 0 Å². The third-order valence-electron chi connectivity index (χ3n) is 3.47. The van der Waals surface area contributed by atoms with Gasteiger partial charge in [-0.3, -0.25) is 9.80 Å². The van der Waals surface area contributed by atoms with Crippen LogP contribution in [0.25, 0.3) is 0 Å². The molecule has 3 nitrogen and oxygen atoms in total. The second-order valence-corrected chi connectivity index (χ2v) is 6.04. The van der Waals surface area contributed by atoms with Crippen LogP contribution in [0, 0.1) is 5.41 Å². The van der Waals surface area contributed by atoms with Crippen molar-refractivity contribution in [1.29, 1.82) is 0 Å². The highest BCUT2D eigenvalue weighted by Gasteiger charge is 2.35. The Bertz CT molecular complexity index is 252. The quantitative estimate of drug-likeness (QED) is 0.842. The van der Waals surface area contributed by atoms with Gasteiger partial charge in [0, 0.05) is 38.8 Å². The molecule has 2 N–H and O–H groups in total. The highest BCUT2D eigenvalue weighted by Crippen LogP contribution is 2.25. The molecule has 18 heavy (non-hydrogen) atoms. The predicted molar refractivity (Wildman–Crippen MR) is 66.4 cm³/mol. The number of piperazine rings is 1. The Morgan fingerprint density at radius 2 is 1.56 bits per heavy atom. The summed E-state index contributed by atoms with van der Waals surface area (Å²) < 4.78 is 36.8. The van der Waals surface area contributed by atoms with Crippen molar-refractivity contribution in [2.45, 2.75) is 33.0 Å². The van der Waals surface area contributed by atoms with Crippen LogP contribution in [0.15, 0.2) is 0 Å². The van der Waals surface area contributed by atoms with Crippen molar-refractivity contribution in [3.63, 3.8) is 0 Å². The lowest BCUT2D eigenvalue weighted by Gasteiger charge is -2.44. The molecule has 0 aliphatic carbocycles. The number of halogens is 3. The molecule has 1 heterocycles. The van der Waals surface area contributed by atoms with Crippen LogP contribution in [-0.4, -0.2) is 61.3 Å². The third kappa shape index (κ3) is 4.74. The van der Waals surface area contributed by atoms with Gasteiger partial charge in [0.15, 0.2) is 0 Å². The fraction of sp³-hybridized carbons (Fsp3) is 1.00. The van der Waals surface area contributed by atoms with Gasteiger partial charge in [0.05, 0.1) is 6.54 Å². The fourth-order valence-electron chi connectivity index (χ4n) is 2.54. The largest absolute Gasteiger partial charge is 0.401 e. The molecule has 108 valence electrons. The molecule has 1 fully saturated rings. The molecule has 6 heteroatoms. The molecule has 0 aromatic carbocycles. The zero-order valence-electron chi connectivity index (χ0n) is 11.4. The smallest absolute Gasteiger partial charge is 0.329 e. The van der Waals surface area contributed by atoms with Crippen molar-refractivity contribution in [3.8, 4) is 0 Å². The number of hydrogen-bond donors (Lipinski definition) is 1. The Hall–Kier alpha value is -0.330. The van der Waals surface area contributed by atoms with E-state index in [1.807, 2.05) is 0 Å². The second-order valence-electron chi connectivity index (χ2n) is 6.04. The summed E-state index contributed by atoms with van der Waals surface area (Å²) in [4.78, 5) is 3.68. The molecule has 1 atom stereocenters. The van der Waals surface area contributed by atoms with Gasteiger partial charge >= 0.3 is 6.18 Å². The van der Waals surface area contributed by atoms with Gasteiger partial charge in [0.25, 0.3) is 0 Å². The molecular formula is C12H24F3N3. The van der Waals surface area contributed by atoms with Crippen molar-refractivity contribution in [2.24, 2.45) is 11.1 Å². The van der Waals surface area contributed by atoms with Crippen molar-refractivity contribution in [2.75, 3.05) is 39.3 Å². The first kappa shape index (κ1) is 15.7. The Morgan fingerprint density at radius 3 is 1.89 bits per heavy atom. The normalized spacial score (nSPS) is 22.2. The van der Waals surface area contributed by atoms with Crippen LogP contribution in [0.4, 0.5) is 13.2 Å². The van der Waals surface area contributed by atoms with Crippen molar-refractivity contribution in [1.82, 2.24) is 9.80 Å². The molecule has 1 saturated heterocycles. The van der Waals surface area contributed by atoms with E-state index in [1.165, 1.54) is 4.90 Å². The van der Waals surface area contributed by atoms with Crippen LogP contribution >= 0.6 is 0 Å². The summed E-state index contributed by atoms with van der Waals surface area (Å²) in [5.74, 6) is 0. The molecule has 0 aromatic rings. The molecule has 1 unspecified atom stereocenters. The minimum absolute atomic E-state index is 0.0565. The van der Waals surface area contributed by atoms with E-state index >= 15 is 0 Å². The van der Waals surface area contributed by atoms with Crippen LogP contribution in [0.2, 0.25) is 0 Å². The van der Waals surface area contributed by atoms with Gasteiger partial charge in [-0.1, -0.05) is 20.8 Å². The van der Waals surface area contributed by atoms with E-state index in [4.69, 9.17) is 5.73 Å². The van der Waals surface area contributed by atoms with Crippen molar-refractivity contribution in [3.05, 3.63) is 0 Å². The molecule has 0 saturated carbocycles. The maximum Gasteiger partial charge on any atom is 0.401 e. The zero-order chi connectivity index (χ0) is 14.0. The van der Waals surface area contributed by atoms with Crippen LogP contribution in [-0.2, 0) is 0 Å². The lowest BCUT2D eigenvalue weighted by molar-refractivity contribution is -0.150. The number of nitrogens with two attached hydrogens (primary N) is 1. The Kier molecular flexibility index (Phi) is 5.03. The summed E-state index contributed by atoms with van der Waals surface area (Å²) in [7, 11) is 0. The van der Waals surface area contributed by atoms with E-state index in [2.05, 4.69) is 25.7 Å². The SMILES string of the molecule is CC(C)(C)C(CN)N1CCN(CC(F)(F)F)CC1. The molecule has 0 aromatic heterocycles. The van der Waals surface area contributed by atoms with Crippen LogP contribution < -0.4 is 5.73 Å². The first-order valence-corrected chi connectivity index (χ1v) is 6.37. The number of nitrogens with zero attached hydrogens (tertiary/aromatic N) is 2. The van der Waals surface area contributed by atoms with E-state index in [9.17, 15) is 13.2 Å². The van der Waals surface area contributed by atoms with E-state index in [0.29, 0.717) is 32.7 Å². The molecular weight excluding hydrogens is 243 g/mol. The standard InChI is InChI=1S/C12H24F3N3/c1-11(2,3)10(8-16)18-6-4-17(5-7-18)9-12(13,14)15/h10H,4-9,16H2,1-3H3. The monoisotopic (exact) mass is 267 g/mol. The van der Waals surface area contributed by atoms with E-state index in [1.54, 1.807) is 0 Å². The highest BCUT2D eigenvalue weighted by molar-refractivity contribution is 4.87. The summed E-state index contributed by atoms with van der Waals surface area (Å²) in [5.41, 5.74) is 5.85. The van der Waals surface area contributed by atoms with Crippen molar-refractivity contribution >= 4 is 0 Å². The zero-order valence-corrected chi connectivity index (χ0v) is 11.4. The van der Waals surface area contributed by atoms with Gasteiger partial charge in [-0.05, 0) is 5.41 Å². The summed E-state index contributed by atoms with van der Waals surface area (Å²) in [6, 6.07) is 0.227. The molecule has 1 rings (SSSR count). The average Bonchev–Trinajstić information content (AvgIpc) is 2.17. The Morgan fingerprint density at radius 1 is 1.06 bits per heavy atom. The molecule has 1 aliphatic heterocycles. The summed E-state index contributed by atoms with van der Waals surface area (Å²) in [5, 5.41) is 0. The highest BCUT2D eigenvalue weighted by atomic mass is 19.4. The van der Waals surface area contributed by atoms with E-state index in [-0.39, 0.29) is 11.5 Å². The lowest BCUT2D eigenvalue weighted by Crippen LogP contribution is -2.57. The van der Waals surface area contributed by atoms with Gasteiger partial charge in [-0.2, -0.15) is 13.2 Å². The van der Waals surface area contributed by atoms with Crippen LogP contribution in [0.5, 0.6) is 0 Å². The van der Waals surface area contributed by atoms with E-state index in [0.717, 1.165) is 0 Å². The summed E-state index contributed by atoms with van der Waals surface area (Å²) >= 11 is 0. The molecule has 0 bridgehead atoms. The topological polar surface area (TPSA) is 32.5 Å². The third-order valence-corrected chi connectivity index (χ3v) is 3.47. The maximum atomic E-state index is 12.3. The van der Waals surface area contributed by atoms with Gasteiger partial charge in [-0.25, -0.2) is 0 Å². The second kappa shape index (κ2) is 5.75. The van der Waals surface area contributed by atoms with Gasteiger partial charge < -0.3 is 5.73 Å². The molecule has 1 aliphatic rings. The molecule has 0 amide bonds. The van der Waals surface area contributed by atoms with Gasteiger partial charge in [-0.15, -0.1) is 0 Å². The fourth-order valence-corrected chi connectivity index (χ4v) is 2.54. The minimum Gasteiger partial charge on any atom is -0.329 e. The van der Waals surface area contributed by atoms with Gasteiger partial charge in [0.1, 0.15) is 0 Å². The Labute approximate surface area is 107 Å². The number of rotatable bonds is 3. The number of alkyl halides is 3. The summed E-state index contributed by atoms with van der Waals surface area (Å²) in [6.45, 7) is 8.35.